The Labute approximate surface area is 140 Å². The molecule has 1 aromatic heterocycles. The van der Waals surface area contributed by atoms with Crippen molar-refractivity contribution in [2.24, 2.45) is 5.92 Å². The number of rotatable bonds is 8. The lowest BCUT2D eigenvalue weighted by Gasteiger charge is -2.27. The maximum atomic E-state index is 10.2. The van der Waals surface area contributed by atoms with Gasteiger partial charge in [0.2, 0.25) is 5.95 Å². The highest BCUT2D eigenvalue weighted by Gasteiger charge is 2.16. The van der Waals surface area contributed by atoms with E-state index in [2.05, 4.69) is 29.0 Å². The van der Waals surface area contributed by atoms with Crippen molar-refractivity contribution < 1.29 is 5.11 Å². The van der Waals surface area contributed by atoms with Gasteiger partial charge in [-0.05, 0) is 38.2 Å². The highest BCUT2D eigenvalue weighted by Crippen LogP contribution is 2.17. The number of hydrogen-bond donors (Lipinski definition) is 2. The van der Waals surface area contributed by atoms with Crippen molar-refractivity contribution in [3.8, 4) is 0 Å². The second kappa shape index (κ2) is 9.18. The van der Waals surface area contributed by atoms with Gasteiger partial charge in [-0.2, -0.15) is 0 Å². The minimum atomic E-state index is -0.283. The lowest BCUT2D eigenvalue weighted by Crippen LogP contribution is -2.33. The van der Waals surface area contributed by atoms with Gasteiger partial charge in [-0.25, -0.2) is 9.97 Å². The normalized spacial score (nSPS) is 16.8. The van der Waals surface area contributed by atoms with Gasteiger partial charge in [0.05, 0.1) is 11.8 Å². The number of piperidine rings is 1. The summed E-state index contributed by atoms with van der Waals surface area (Å²) in [6.45, 7) is 9.72. The zero-order chi connectivity index (χ0) is 16.7. The highest BCUT2D eigenvalue weighted by molar-refractivity contribution is 5.32. The van der Waals surface area contributed by atoms with Crippen LogP contribution in [0.25, 0.3) is 0 Å². The van der Waals surface area contributed by atoms with E-state index in [9.17, 15) is 5.11 Å². The third-order valence-electron chi connectivity index (χ3n) is 4.79. The van der Waals surface area contributed by atoms with E-state index in [1.165, 1.54) is 19.3 Å². The van der Waals surface area contributed by atoms with Crippen molar-refractivity contribution in [1.29, 1.82) is 0 Å². The van der Waals surface area contributed by atoms with Gasteiger partial charge in [-0.15, -0.1) is 0 Å². The Bertz CT molecular complexity index is 470. The number of nitrogens with zero attached hydrogens (tertiary/aromatic N) is 3. The molecule has 130 valence electrons. The summed E-state index contributed by atoms with van der Waals surface area (Å²) in [4.78, 5) is 11.6. The van der Waals surface area contributed by atoms with E-state index in [1.54, 1.807) is 0 Å². The Morgan fingerprint density at radius 3 is 2.52 bits per heavy atom. The molecule has 1 aliphatic rings. The number of hydrogen-bond acceptors (Lipinski definition) is 5. The van der Waals surface area contributed by atoms with Crippen LogP contribution in [0.5, 0.6) is 0 Å². The van der Waals surface area contributed by atoms with Gasteiger partial charge < -0.3 is 15.3 Å². The molecule has 1 saturated heterocycles. The van der Waals surface area contributed by atoms with Crippen LogP contribution in [0.15, 0.2) is 6.07 Å². The van der Waals surface area contributed by atoms with Crippen LogP contribution in [0.1, 0.15) is 57.3 Å². The fourth-order valence-electron chi connectivity index (χ4n) is 3.29. The summed E-state index contributed by atoms with van der Waals surface area (Å²) in [5.41, 5.74) is 2.02. The molecule has 1 aliphatic heterocycles. The average molecular weight is 320 g/mol. The van der Waals surface area contributed by atoms with Crippen LogP contribution >= 0.6 is 0 Å². The minimum Gasteiger partial charge on any atom is -0.392 e. The van der Waals surface area contributed by atoms with Gasteiger partial charge in [0, 0.05) is 31.9 Å². The first kappa shape index (κ1) is 18.1. The largest absolute Gasteiger partial charge is 0.392 e. The van der Waals surface area contributed by atoms with E-state index in [1.807, 2.05) is 13.0 Å². The van der Waals surface area contributed by atoms with E-state index in [0.717, 1.165) is 43.3 Å². The molecule has 1 unspecified atom stereocenters. The molecular formula is C18H32N4O. The number of aryl methyl sites for hydroxylation is 1. The molecular weight excluding hydrogens is 288 g/mol. The van der Waals surface area contributed by atoms with Crippen molar-refractivity contribution >= 4 is 5.95 Å². The second-order valence-corrected chi connectivity index (χ2v) is 6.62. The summed E-state index contributed by atoms with van der Waals surface area (Å²) in [6, 6.07) is 2.03. The zero-order valence-electron chi connectivity index (χ0n) is 14.9. The topological polar surface area (TPSA) is 61.3 Å². The molecule has 1 aromatic rings. The number of nitrogens with one attached hydrogen (secondary N) is 1. The van der Waals surface area contributed by atoms with Crippen LogP contribution in [0.4, 0.5) is 5.95 Å². The lowest BCUT2D eigenvalue weighted by atomic mass is 9.96. The molecule has 0 saturated carbocycles. The van der Waals surface area contributed by atoms with Crippen molar-refractivity contribution in [3.63, 3.8) is 0 Å². The van der Waals surface area contributed by atoms with Crippen LogP contribution in [-0.4, -0.2) is 40.8 Å². The Morgan fingerprint density at radius 1 is 1.17 bits per heavy atom. The van der Waals surface area contributed by atoms with Crippen LogP contribution in [0.2, 0.25) is 0 Å². The molecule has 2 N–H and O–H groups in total. The number of anilines is 1. The minimum absolute atomic E-state index is 0.283. The first-order valence-electron chi connectivity index (χ1n) is 9.12. The van der Waals surface area contributed by atoms with Crippen molar-refractivity contribution in [2.75, 3.05) is 24.5 Å². The molecule has 1 fully saturated rings. The van der Waals surface area contributed by atoms with E-state index in [-0.39, 0.29) is 6.10 Å². The first-order valence-corrected chi connectivity index (χ1v) is 9.12. The molecule has 23 heavy (non-hydrogen) atoms. The monoisotopic (exact) mass is 320 g/mol. The molecule has 5 nitrogen and oxygen atoms in total. The van der Waals surface area contributed by atoms with Gasteiger partial charge in [-0.3, -0.25) is 0 Å². The third kappa shape index (κ3) is 5.43. The molecule has 0 spiro atoms. The molecule has 0 amide bonds. The standard InChI is InChI=1S/C18H32N4O/c1-4-15(5-2)17(23)13-19-12-16-11-14(3)20-18(21-16)22-9-7-6-8-10-22/h11,15,17,19,23H,4-10,12-13H2,1-3H3. The molecule has 0 bridgehead atoms. The van der Waals surface area contributed by atoms with Crippen LogP contribution in [0, 0.1) is 12.8 Å². The van der Waals surface area contributed by atoms with E-state index in [0.29, 0.717) is 19.0 Å². The Hall–Kier alpha value is -1.20. The molecule has 1 atom stereocenters. The summed E-state index contributed by atoms with van der Waals surface area (Å²) < 4.78 is 0. The summed E-state index contributed by atoms with van der Waals surface area (Å²) in [6.07, 6.45) is 5.52. The number of aliphatic hydroxyl groups is 1. The van der Waals surface area contributed by atoms with Gasteiger partial charge in [0.25, 0.3) is 0 Å². The van der Waals surface area contributed by atoms with Crippen LogP contribution in [-0.2, 0) is 6.54 Å². The zero-order valence-corrected chi connectivity index (χ0v) is 14.9. The quantitative estimate of drug-likeness (QED) is 0.771. The van der Waals surface area contributed by atoms with E-state index < -0.39 is 0 Å². The third-order valence-corrected chi connectivity index (χ3v) is 4.79. The highest BCUT2D eigenvalue weighted by atomic mass is 16.3. The number of aliphatic hydroxyl groups excluding tert-OH is 1. The predicted octanol–water partition coefficient (Wildman–Crippen LogP) is 2.66. The summed E-state index contributed by atoms with van der Waals surface area (Å²) in [5.74, 6) is 1.24. The molecule has 0 aromatic carbocycles. The van der Waals surface area contributed by atoms with Gasteiger partial charge in [0.1, 0.15) is 0 Å². The van der Waals surface area contributed by atoms with Gasteiger partial charge >= 0.3 is 0 Å². The maximum absolute atomic E-state index is 10.2. The Balaban J connectivity index is 1.91. The molecule has 2 rings (SSSR count). The maximum Gasteiger partial charge on any atom is 0.225 e. The van der Waals surface area contributed by atoms with Crippen molar-refractivity contribution in [1.82, 2.24) is 15.3 Å². The average Bonchev–Trinajstić information content (AvgIpc) is 2.56. The lowest BCUT2D eigenvalue weighted by molar-refractivity contribution is 0.101. The molecule has 0 aliphatic carbocycles. The fourth-order valence-corrected chi connectivity index (χ4v) is 3.29. The smallest absolute Gasteiger partial charge is 0.225 e. The summed E-state index contributed by atoms with van der Waals surface area (Å²) in [5, 5.41) is 13.5. The number of aromatic nitrogens is 2. The fraction of sp³-hybridized carbons (Fsp3) is 0.778. The van der Waals surface area contributed by atoms with Gasteiger partial charge in [-0.1, -0.05) is 26.7 Å². The SMILES string of the molecule is CCC(CC)C(O)CNCc1cc(C)nc(N2CCCCC2)n1. The van der Waals surface area contributed by atoms with Crippen molar-refractivity contribution in [3.05, 3.63) is 17.5 Å². The van der Waals surface area contributed by atoms with Gasteiger partial charge in [0.15, 0.2) is 0 Å². The predicted molar refractivity (Wildman–Crippen MR) is 94.6 cm³/mol. The van der Waals surface area contributed by atoms with E-state index in [4.69, 9.17) is 4.98 Å². The first-order chi connectivity index (χ1) is 11.1. The Morgan fingerprint density at radius 2 is 1.87 bits per heavy atom. The van der Waals surface area contributed by atoms with Crippen molar-refractivity contribution in [2.45, 2.75) is 65.5 Å². The van der Waals surface area contributed by atoms with E-state index >= 15 is 0 Å². The molecule has 0 radical (unpaired) electrons. The van der Waals surface area contributed by atoms with Crippen LogP contribution < -0.4 is 10.2 Å². The molecule has 5 heteroatoms. The molecule has 2 heterocycles. The second-order valence-electron chi connectivity index (χ2n) is 6.62. The summed E-state index contributed by atoms with van der Waals surface area (Å²) in [7, 11) is 0. The van der Waals surface area contributed by atoms with Crippen LogP contribution in [0.3, 0.4) is 0 Å². The summed E-state index contributed by atoms with van der Waals surface area (Å²) >= 11 is 0. The Kier molecular flexibility index (Phi) is 7.24.